The van der Waals surface area contributed by atoms with Crippen LogP contribution in [0.2, 0.25) is 5.02 Å². The third-order valence-corrected chi connectivity index (χ3v) is 6.08. The minimum atomic E-state index is -0.680. The third kappa shape index (κ3) is 4.53. The molecular weight excluding hydrogens is 424 g/mol. The van der Waals surface area contributed by atoms with Crippen molar-refractivity contribution in [1.29, 1.82) is 0 Å². The Labute approximate surface area is 185 Å². The molecule has 1 aliphatic heterocycles. The Morgan fingerprint density at radius 2 is 2.07 bits per heavy atom. The molecule has 2 heterocycles. The van der Waals surface area contributed by atoms with Crippen molar-refractivity contribution < 1.29 is 19.4 Å². The van der Waals surface area contributed by atoms with E-state index in [0.717, 1.165) is 17.8 Å². The summed E-state index contributed by atoms with van der Waals surface area (Å²) in [4.78, 5) is 30.1. The van der Waals surface area contributed by atoms with E-state index in [0.29, 0.717) is 29.5 Å². The molecule has 0 spiro atoms. The Morgan fingerprint density at radius 3 is 2.67 bits per heavy atom. The number of benzene rings is 1. The molecule has 8 heteroatoms. The minimum absolute atomic E-state index is 0.0903. The summed E-state index contributed by atoms with van der Waals surface area (Å²) >= 11 is 7.71. The zero-order valence-electron chi connectivity index (χ0n) is 17.2. The summed E-state index contributed by atoms with van der Waals surface area (Å²) in [6, 6.07) is 7.96. The van der Waals surface area contributed by atoms with E-state index in [1.54, 1.807) is 23.1 Å². The Balaban J connectivity index is 2.03. The molecular formula is C22H25ClN2O4S. The van der Waals surface area contributed by atoms with Crippen LogP contribution in [0.3, 0.4) is 0 Å². The van der Waals surface area contributed by atoms with E-state index in [2.05, 4.69) is 0 Å². The maximum absolute atomic E-state index is 12.9. The van der Waals surface area contributed by atoms with Gasteiger partial charge in [-0.1, -0.05) is 17.7 Å². The number of hydrogen-bond donors (Lipinski definition) is 1. The van der Waals surface area contributed by atoms with Gasteiger partial charge in [0.15, 0.2) is 0 Å². The molecule has 1 unspecified atom stereocenters. The van der Waals surface area contributed by atoms with Gasteiger partial charge in [-0.3, -0.25) is 9.59 Å². The molecule has 1 aromatic carbocycles. The van der Waals surface area contributed by atoms with Crippen LogP contribution in [-0.4, -0.2) is 60.4 Å². The van der Waals surface area contributed by atoms with Gasteiger partial charge in [0.05, 0.1) is 23.2 Å². The second kappa shape index (κ2) is 9.64. The molecule has 30 heavy (non-hydrogen) atoms. The molecule has 1 amide bonds. The number of halogens is 1. The highest BCUT2D eigenvalue weighted by atomic mass is 35.5. The Bertz CT molecular complexity index is 956. The van der Waals surface area contributed by atoms with Crippen molar-refractivity contribution in [2.24, 2.45) is 0 Å². The fraction of sp³-hybridized carbons (Fsp3) is 0.364. The van der Waals surface area contributed by atoms with E-state index in [9.17, 15) is 14.7 Å². The first-order valence-corrected chi connectivity index (χ1v) is 11.0. The highest BCUT2D eigenvalue weighted by Crippen LogP contribution is 2.41. The summed E-state index contributed by atoms with van der Waals surface area (Å²) in [5.41, 5.74) is 0.462. The van der Waals surface area contributed by atoms with Crippen LogP contribution in [0.15, 0.2) is 41.3 Å². The molecule has 0 aliphatic carbocycles. The van der Waals surface area contributed by atoms with Gasteiger partial charge in [-0.05, 0) is 63.6 Å². The molecule has 1 aliphatic rings. The number of amides is 1. The maximum Gasteiger partial charge on any atom is 0.295 e. The molecule has 3 rings (SSSR count). The van der Waals surface area contributed by atoms with Crippen LogP contribution in [-0.2, 0) is 9.59 Å². The van der Waals surface area contributed by atoms with Gasteiger partial charge in [0.2, 0.25) is 0 Å². The summed E-state index contributed by atoms with van der Waals surface area (Å²) in [6.07, 6.45) is 0.719. The van der Waals surface area contributed by atoms with Gasteiger partial charge in [-0.25, -0.2) is 0 Å². The summed E-state index contributed by atoms with van der Waals surface area (Å²) in [6.45, 7) is 3.52. The molecule has 1 saturated heterocycles. The van der Waals surface area contributed by atoms with Crippen molar-refractivity contribution in [3.63, 3.8) is 0 Å². The average molecular weight is 449 g/mol. The fourth-order valence-corrected chi connectivity index (χ4v) is 4.57. The van der Waals surface area contributed by atoms with E-state index >= 15 is 0 Å². The average Bonchev–Trinajstić information content (AvgIpc) is 3.31. The Morgan fingerprint density at radius 1 is 1.30 bits per heavy atom. The maximum atomic E-state index is 12.9. The number of Topliss-reactive ketones (excluding diaryl/α,β-unsaturated/α-hetero) is 1. The van der Waals surface area contributed by atoms with Gasteiger partial charge in [0.1, 0.15) is 11.5 Å². The predicted molar refractivity (Wildman–Crippen MR) is 119 cm³/mol. The van der Waals surface area contributed by atoms with Crippen LogP contribution in [0.5, 0.6) is 5.75 Å². The lowest BCUT2D eigenvalue weighted by atomic mass is 9.99. The fourth-order valence-electron chi connectivity index (χ4n) is 3.49. The topological polar surface area (TPSA) is 70.1 Å². The first-order chi connectivity index (χ1) is 14.3. The minimum Gasteiger partial charge on any atom is -0.507 e. The van der Waals surface area contributed by atoms with Crippen LogP contribution >= 0.6 is 22.9 Å². The first kappa shape index (κ1) is 22.3. The molecule has 1 aromatic heterocycles. The quantitative estimate of drug-likeness (QED) is 0.373. The van der Waals surface area contributed by atoms with E-state index in [4.69, 9.17) is 16.3 Å². The van der Waals surface area contributed by atoms with Crippen molar-refractivity contribution in [2.75, 3.05) is 33.8 Å². The standard InChI is InChI=1S/C22H25ClN2O4S/c1-4-29-16-9-8-14(13-15(16)23)20(26)18-19(17-7-5-12-30-17)25(22(28)21(18)27)11-6-10-24(2)3/h5,7-9,12-13,19,26H,4,6,10-11H2,1-3H3/b20-18-. The molecule has 1 fully saturated rings. The zero-order valence-corrected chi connectivity index (χ0v) is 18.8. The summed E-state index contributed by atoms with van der Waals surface area (Å²) in [7, 11) is 3.92. The van der Waals surface area contributed by atoms with Gasteiger partial charge >= 0.3 is 0 Å². The Kier molecular flexibility index (Phi) is 7.18. The van der Waals surface area contributed by atoms with Crippen LogP contribution in [0, 0.1) is 0 Å². The number of thiophene rings is 1. The van der Waals surface area contributed by atoms with Gasteiger partial charge in [-0.2, -0.15) is 0 Å². The van der Waals surface area contributed by atoms with E-state index in [-0.39, 0.29) is 11.3 Å². The predicted octanol–water partition coefficient (Wildman–Crippen LogP) is 4.17. The normalized spacial score (nSPS) is 18.4. The van der Waals surface area contributed by atoms with Gasteiger partial charge in [-0.15, -0.1) is 11.3 Å². The molecule has 1 N–H and O–H groups in total. The smallest absolute Gasteiger partial charge is 0.295 e. The lowest BCUT2D eigenvalue weighted by Crippen LogP contribution is -2.32. The molecule has 0 saturated carbocycles. The highest BCUT2D eigenvalue weighted by molar-refractivity contribution is 7.10. The number of ether oxygens (including phenoxy) is 1. The largest absolute Gasteiger partial charge is 0.507 e. The zero-order chi connectivity index (χ0) is 21.8. The first-order valence-electron chi connectivity index (χ1n) is 9.74. The van der Waals surface area contributed by atoms with Crippen LogP contribution in [0.1, 0.15) is 29.8 Å². The van der Waals surface area contributed by atoms with Crippen molar-refractivity contribution in [2.45, 2.75) is 19.4 Å². The highest BCUT2D eigenvalue weighted by Gasteiger charge is 2.46. The molecule has 160 valence electrons. The number of aliphatic hydroxyl groups excluding tert-OH is 1. The van der Waals surface area contributed by atoms with E-state index < -0.39 is 17.7 Å². The van der Waals surface area contributed by atoms with Crippen molar-refractivity contribution >= 4 is 40.4 Å². The molecule has 0 radical (unpaired) electrons. The molecule has 6 nitrogen and oxygen atoms in total. The van der Waals surface area contributed by atoms with Crippen LogP contribution in [0.25, 0.3) is 5.76 Å². The van der Waals surface area contributed by atoms with Crippen molar-refractivity contribution in [3.05, 3.63) is 56.7 Å². The Hall–Kier alpha value is -2.35. The van der Waals surface area contributed by atoms with Crippen LogP contribution < -0.4 is 4.74 Å². The number of rotatable bonds is 8. The second-order valence-corrected chi connectivity index (χ2v) is 8.63. The van der Waals surface area contributed by atoms with Crippen molar-refractivity contribution in [1.82, 2.24) is 9.80 Å². The number of aliphatic hydroxyl groups is 1. The SMILES string of the molecule is CCOc1ccc(/C(O)=C2/C(=O)C(=O)N(CCCN(C)C)C2c2cccs2)cc1Cl. The van der Waals surface area contributed by atoms with Gasteiger partial charge < -0.3 is 19.6 Å². The molecule has 1 atom stereocenters. The van der Waals surface area contributed by atoms with Crippen molar-refractivity contribution in [3.8, 4) is 5.75 Å². The second-order valence-electron chi connectivity index (χ2n) is 7.24. The number of likely N-dealkylation sites (tertiary alicyclic amines) is 1. The van der Waals surface area contributed by atoms with E-state index in [1.165, 1.54) is 11.3 Å². The third-order valence-electron chi connectivity index (χ3n) is 4.86. The summed E-state index contributed by atoms with van der Waals surface area (Å²) < 4.78 is 5.43. The van der Waals surface area contributed by atoms with Crippen LogP contribution in [0.4, 0.5) is 0 Å². The number of hydrogen-bond acceptors (Lipinski definition) is 6. The lowest BCUT2D eigenvalue weighted by molar-refractivity contribution is -0.139. The summed E-state index contributed by atoms with van der Waals surface area (Å²) in [5.74, 6) is -1.01. The summed E-state index contributed by atoms with van der Waals surface area (Å²) in [5, 5.41) is 13.3. The van der Waals surface area contributed by atoms with E-state index in [1.807, 2.05) is 43.4 Å². The molecule has 2 aromatic rings. The van der Waals surface area contributed by atoms with Gasteiger partial charge in [0.25, 0.3) is 11.7 Å². The number of carbonyl (C=O) groups excluding carboxylic acids is 2. The number of ketones is 1. The number of nitrogens with zero attached hydrogens (tertiary/aromatic N) is 2. The molecule has 0 bridgehead atoms. The van der Waals surface area contributed by atoms with Gasteiger partial charge in [0, 0.05) is 17.0 Å². The number of carbonyl (C=O) groups is 2. The monoisotopic (exact) mass is 448 g/mol. The lowest BCUT2D eigenvalue weighted by Gasteiger charge is -2.24.